The van der Waals surface area contributed by atoms with Crippen molar-refractivity contribution in [1.29, 1.82) is 0 Å². The average Bonchev–Trinajstić information content (AvgIpc) is 3.47. The van der Waals surface area contributed by atoms with E-state index < -0.39 is 0 Å². The summed E-state index contributed by atoms with van der Waals surface area (Å²) in [5.41, 5.74) is 3.19. The summed E-state index contributed by atoms with van der Waals surface area (Å²) in [5, 5.41) is 11.9. The van der Waals surface area contributed by atoms with Gasteiger partial charge in [0.2, 0.25) is 5.91 Å². The summed E-state index contributed by atoms with van der Waals surface area (Å²) in [6.07, 6.45) is 4.25. The van der Waals surface area contributed by atoms with E-state index in [2.05, 4.69) is 51.6 Å². The summed E-state index contributed by atoms with van der Waals surface area (Å²) in [6, 6.07) is 12.8. The summed E-state index contributed by atoms with van der Waals surface area (Å²) in [5.74, 6) is 1.13. The second-order valence-corrected chi connectivity index (χ2v) is 7.21. The largest absolute Gasteiger partial charge is 0.354 e. The van der Waals surface area contributed by atoms with Gasteiger partial charge in [0.05, 0.1) is 11.6 Å². The maximum absolute atomic E-state index is 12.3. The number of nitrogens with zero attached hydrogens (tertiary/aromatic N) is 3. The van der Waals surface area contributed by atoms with Gasteiger partial charge in [-0.25, -0.2) is 0 Å². The van der Waals surface area contributed by atoms with Gasteiger partial charge in [-0.05, 0) is 44.7 Å². The zero-order valence-corrected chi connectivity index (χ0v) is 14.6. The molecule has 1 aromatic heterocycles. The highest BCUT2D eigenvalue weighted by Gasteiger charge is 2.30. The van der Waals surface area contributed by atoms with Gasteiger partial charge in [-0.15, -0.1) is 10.2 Å². The van der Waals surface area contributed by atoms with Crippen molar-refractivity contribution in [3.8, 4) is 11.3 Å². The highest BCUT2D eigenvalue weighted by atomic mass is 16.2. The van der Waals surface area contributed by atoms with E-state index in [0.29, 0.717) is 6.04 Å². The normalized spacial score (nSPS) is 20.4. The minimum absolute atomic E-state index is 0.0629. The van der Waals surface area contributed by atoms with E-state index in [-0.39, 0.29) is 11.8 Å². The predicted molar refractivity (Wildman–Crippen MR) is 98.3 cm³/mol. The Morgan fingerprint density at radius 3 is 2.56 bits per heavy atom. The van der Waals surface area contributed by atoms with E-state index in [1.807, 2.05) is 12.1 Å². The minimum atomic E-state index is 0.0629. The molecule has 1 atom stereocenters. The third-order valence-corrected chi connectivity index (χ3v) is 5.04. The van der Waals surface area contributed by atoms with Gasteiger partial charge in [-0.3, -0.25) is 4.79 Å². The summed E-state index contributed by atoms with van der Waals surface area (Å²) in [6.45, 7) is 3.74. The molecule has 5 heteroatoms. The fraction of sp³-hybridized carbons (Fsp3) is 0.450. The zero-order valence-electron chi connectivity index (χ0n) is 14.6. The molecule has 5 nitrogen and oxygen atoms in total. The van der Waals surface area contributed by atoms with Crippen LogP contribution in [0.25, 0.3) is 11.3 Å². The van der Waals surface area contributed by atoms with Crippen LogP contribution < -0.4 is 10.2 Å². The van der Waals surface area contributed by atoms with Gasteiger partial charge >= 0.3 is 0 Å². The van der Waals surface area contributed by atoms with Crippen LogP contribution in [0.2, 0.25) is 0 Å². The number of carbonyl (C=O) groups excluding carboxylic acids is 1. The van der Waals surface area contributed by atoms with E-state index in [9.17, 15) is 4.79 Å². The van der Waals surface area contributed by atoms with Gasteiger partial charge in [0.1, 0.15) is 0 Å². The van der Waals surface area contributed by atoms with Crippen LogP contribution in [0.5, 0.6) is 0 Å². The topological polar surface area (TPSA) is 58.1 Å². The van der Waals surface area contributed by atoms with Crippen molar-refractivity contribution in [3.05, 3.63) is 42.0 Å². The SMILES string of the molecule is Cc1ccc(-c2ccc(N3CCC[C@@H](C(=O)NC4CC4)C3)nn2)cc1. The first kappa shape index (κ1) is 16.1. The zero-order chi connectivity index (χ0) is 17.2. The smallest absolute Gasteiger partial charge is 0.225 e. The highest BCUT2D eigenvalue weighted by molar-refractivity contribution is 5.80. The molecule has 1 aliphatic carbocycles. The van der Waals surface area contributed by atoms with Crippen molar-refractivity contribution in [3.63, 3.8) is 0 Å². The van der Waals surface area contributed by atoms with Crippen LogP contribution in [-0.4, -0.2) is 35.2 Å². The molecule has 2 fully saturated rings. The number of benzene rings is 1. The Balaban J connectivity index is 1.43. The maximum Gasteiger partial charge on any atom is 0.225 e. The lowest BCUT2D eigenvalue weighted by Gasteiger charge is -2.32. The van der Waals surface area contributed by atoms with Gasteiger partial charge < -0.3 is 10.2 Å². The Kier molecular flexibility index (Phi) is 4.38. The number of carbonyl (C=O) groups is 1. The van der Waals surface area contributed by atoms with Crippen molar-refractivity contribution < 1.29 is 4.79 Å². The monoisotopic (exact) mass is 336 g/mol. The Morgan fingerprint density at radius 1 is 1.08 bits per heavy atom. The van der Waals surface area contributed by atoms with Gasteiger partial charge in [-0.1, -0.05) is 29.8 Å². The highest BCUT2D eigenvalue weighted by Crippen LogP contribution is 2.25. The van der Waals surface area contributed by atoms with Gasteiger partial charge in [-0.2, -0.15) is 0 Å². The fourth-order valence-electron chi connectivity index (χ4n) is 3.32. The Labute approximate surface area is 148 Å². The quantitative estimate of drug-likeness (QED) is 0.933. The summed E-state index contributed by atoms with van der Waals surface area (Å²) >= 11 is 0. The van der Waals surface area contributed by atoms with Crippen molar-refractivity contribution in [2.24, 2.45) is 5.92 Å². The lowest BCUT2D eigenvalue weighted by atomic mass is 9.97. The first-order chi connectivity index (χ1) is 12.2. The van der Waals surface area contributed by atoms with Gasteiger partial charge in [0.25, 0.3) is 0 Å². The number of amides is 1. The van der Waals surface area contributed by atoms with E-state index in [4.69, 9.17) is 0 Å². The second kappa shape index (κ2) is 6.82. The molecule has 0 unspecified atom stereocenters. The number of rotatable bonds is 4. The molecule has 4 rings (SSSR count). The molecule has 0 spiro atoms. The number of hydrogen-bond acceptors (Lipinski definition) is 4. The van der Waals surface area contributed by atoms with E-state index in [0.717, 1.165) is 55.8 Å². The molecular formula is C20H24N4O. The van der Waals surface area contributed by atoms with Crippen LogP contribution in [0.15, 0.2) is 36.4 Å². The molecule has 1 N–H and O–H groups in total. The standard InChI is InChI=1S/C20H24N4O/c1-14-4-6-15(7-5-14)18-10-11-19(23-22-18)24-12-2-3-16(13-24)20(25)21-17-8-9-17/h4-7,10-11,16-17H,2-3,8-9,12-13H2,1H3,(H,21,25)/t16-/m1/s1. The lowest BCUT2D eigenvalue weighted by Crippen LogP contribution is -2.44. The van der Waals surface area contributed by atoms with Crippen LogP contribution in [-0.2, 0) is 4.79 Å². The molecule has 0 radical (unpaired) electrons. The van der Waals surface area contributed by atoms with E-state index in [1.165, 1.54) is 5.56 Å². The first-order valence-electron chi connectivity index (χ1n) is 9.15. The van der Waals surface area contributed by atoms with Crippen molar-refractivity contribution in [2.75, 3.05) is 18.0 Å². The minimum Gasteiger partial charge on any atom is -0.354 e. The van der Waals surface area contributed by atoms with E-state index in [1.54, 1.807) is 0 Å². The van der Waals surface area contributed by atoms with Gasteiger partial charge in [0.15, 0.2) is 5.82 Å². The number of hydrogen-bond donors (Lipinski definition) is 1. The third kappa shape index (κ3) is 3.81. The molecule has 1 saturated heterocycles. The van der Waals surface area contributed by atoms with E-state index >= 15 is 0 Å². The van der Waals surface area contributed by atoms with Crippen molar-refractivity contribution in [1.82, 2.24) is 15.5 Å². The average molecular weight is 336 g/mol. The second-order valence-electron chi connectivity index (χ2n) is 7.21. The maximum atomic E-state index is 12.3. The van der Waals surface area contributed by atoms with Crippen LogP contribution in [0.4, 0.5) is 5.82 Å². The fourth-order valence-corrected chi connectivity index (χ4v) is 3.32. The van der Waals surface area contributed by atoms with Crippen LogP contribution in [0.1, 0.15) is 31.2 Å². The summed E-state index contributed by atoms with van der Waals surface area (Å²) in [7, 11) is 0. The molecule has 1 amide bonds. The van der Waals surface area contributed by atoms with Gasteiger partial charge in [0, 0.05) is 24.7 Å². The Hall–Kier alpha value is -2.43. The molecule has 1 aromatic carbocycles. The first-order valence-corrected chi connectivity index (χ1v) is 9.15. The summed E-state index contributed by atoms with van der Waals surface area (Å²) < 4.78 is 0. The molecular weight excluding hydrogens is 312 g/mol. The lowest BCUT2D eigenvalue weighted by molar-refractivity contribution is -0.125. The third-order valence-electron chi connectivity index (χ3n) is 5.04. The predicted octanol–water partition coefficient (Wildman–Crippen LogP) is 2.95. The van der Waals surface area contributed by atoms with Crippen molar-refractivity contribution in [2.45, 2.75) is 38.6 Å². The molecule has 130 valence electrons. The van der Waals surface area contributed by atoms with Crippen molar-refractivity contribution >= 4 is 11.7 Å². The van der Waals surface area contributed by atoms with Crippen LogP contribution in [0.3, 0.4) is 0 Å². The van der Waals surface area contributed by atoms with Crippen LogP contribution in [0, 0.1) is 12.8 Å². The number of aromatic nitrogens is 2. The molecule has 1 saturated carbocycles. The Bertz CT molecular complexity index is 737. The van der Waals surface area contributed by atoms with Crippen LogP contribution >= 0.6 is 0 Å². The summed E-state index contributed by atoms with van der Waals surface area (Å²) in [4.78, 5) is 14.5. The Morgan fingerprint density at radius 2 is 1.88 bits per heavy atom. The molecule has 2 aromatic rings. The number of anilines is 1. The molecule has 25 heavy (non-hydrogen) atoms. The molecule has 0 bridgehead atoms. The molecule has 1 aliphatic heterocycles. The molecule has 2 heterocycles. The molecule has 2 aliphatic rings. The number of piperidine rings is 1. The number of nitrogens with one attached hydrogen (secondary N) is 1. The number of aryl methyl sites for hydroxylation is 1.